The number of pyridine rings is 1. The lowest BCUT2D eigenvalue weighted by atomic mass is 9.90. The zero-order chi connectivity index (χ0) is 25.3. The van der Waals surface area contributed by atoms with Crippen molar-refractivity contribution in [3.63, 3.8) is 0 Å². The number of fused-ring (bicyclic) bond motifs is 1. The number of carbonyl (C=O) groups excluding carboxylic acids is 1. The van der Waals surface area contributed by atoms with Crippen LogP contribution in [0.2, 0.25) is 0 Å². The summed E-state index contributed by atoms with van der Waals surface area (Å²) in [6.07, 6.45) is 2.91. The summed E-state index contributed by atoms with van der Waals surface area (Å²) in [4.78, 5) is 43.3. The van der Waals surface area contributed by atoms with Gasteiger partial charge in [-0.2, -0.15) is 5.26 Å². The first-order chi connectivity index (χ1) is 16.7. The van der Waals surface area contributed by atoms with Crippen LogP contribution in [0.3, 0.4) is 0 Å². The molecule has 0 saturated carbocycles. The average molecular weight is 474 g/mol. The topological polar surface area (TPSA) is 128 Å². The minimum atomic E-state index is -1.04. The Hall–Kier alpha value is -4.19. The van der Waals surface area contributed by atoms with Gasteiger partial charge in [-0.25, -0.2) is 9.78 Å². The molecule has 180 valence electrons. The van der Waals surface area contributed by atoms with E-state index in [9.17, 15) is 24.8 Å². The number of aromatic nitrogens is 2. The molecular weight excluding hydrogens is 446 g/mol. The Labute approximate surface area is 202 Å². The number of rotatable bonds is 5. The molecule has 4 rings (SSSR count). The van der Waals surface area contributed by atoms with Gasteiger partial charge in [-0.3, -0.25) is 14.0 Å². The van der Waals surface area contributed by atoms with Gasteiger partial charge in [0.05, 0.1) is 17.3 Å². The molecule has 35 heavy (non-hydrogen) atoms. The first-order valence-electron chi connectivity index (χ1n) is 11.5. The van der Waals surface area contributed by atoms with Crippen molar-refractivity contribution < 1.29 is 14.7 Å². The van der Waals surface area contributed by atoms with E-state index in [2.05, 4.69) is 11.4 Å². The molecule has 0 radical (unpaired) electrons. The number of carbonyl (C=O) groups is 2. The van der Waals surface area contributed by atoms with E-state index >= 15 is 0 Å². The van der Waals surface area contributed by atoms with Crippen LogP contribution in [-0.4, -0.2) is 44.4 Å². The van der Waals surface area contributed by atoms with E-state index in [0.717, 1.165) is 5.56 Å². The number of aromatic carboxylic acids is 1. The molecule has 2 aromatic heterocycles. The van der Waals surface area contributed by atoms with Gasteiger partial charge >= 0.3 is 5.97 Å². The number of likely N-dealkylation sites (tertiary alicyclic amines) is 1. The maximum Gasteiger partial charge on any atom is 0.337 e. The number of nitrogens with zero attached hydrogens (tertiary/aromatic N) is 4. The van der Waals surface area contributed by atoms with Crippen molar-refractivity contribution >= 4 is 23.2 Å². The summed E-state index contributed by atoms with van der Waals surface area (Å²) in [5, 5.41) is 22.6. The monoisotopic (exact) mass is 473 g/mol. The molecule has 1 atom stereocenters. The van der Waals surface area contributed by atoms with Gasteiger partial charge in [-0.1, -0.05) is 12.1 Å². The third-order valence-electron chi connectivity index (χ3n) is 6.55. The molecule has 0 aliphatic carbocycles. The van der Waals surface area contributed by atoms with Crippen LogP contribution < -0.4 is 10.9 Å². The first-order valence-corrected chi connectivity index (χ1v) is 11.5. The molecule has 0 spiro atoms. The van der Waals surface area contributed by atoms with Gasteiger partial charge in [0.2, 0.25) is 5.91 Å². The molecule has 9 heteroatoms. The smallest absolute Gasteiger partial charge is 0.337 e. The highest BCUT2D eigenvalue weighted by atomic mass is 16.4. The third kappa shape index (κ3) is 4.60. The summed E-state index contributed by atoms with van der Waals surface area (Å²) >= 11 is 0. The molecule has 1 amide bonds. The Kier molecular flexibility index (Phi) is 6.56. The number of para-hydroxylation sites is 1. The lowest BCUT2D eigenvalue weighted by molar-refractivity contribution is -0.129. The molecular formula is C26H27N5O4. The maximum absolute atomic E-state index is 13.4. The zero-order valence-electron chi connectivity index (χ0n) is 19.9. The summed E-state index contributed by atoms with van der Waals surface area (Å²) in [5.41, 5.74) is 2.62. The Morgan fingerprint density at radius 3 is 2.57 bits per heavy atom. The van der Waals surface area contributed by atoms with Crippen LogP contribution >= 0.6 is 0 Å². The van der Waals surface area contributed by atoms with E-state index in [4.69, 9.17) is 4.98 Å². The number of carboxylic acid groups (broad SMARTS) is 1. The van der Waals surface area contributed by atoms with Crippen LogP contribution in [-0.2, 0) is 4.79 Å². The van der Waals surface area contributed by atoms with Crippen molar-refractivity contribution in [2.75, 3.05) is 18.4 Å². The molecule has 0 bridgehead atoms. The first kappa shape index (κ1) is 24.0. The predicted octanol–water partition coefficient (Wildman–Crippen LogP) is 3.47. The van der Waals surface area contributed by atoms with Crippen molar-refractivity contribution in [1.82, 2.24) is 14.3 Å². The molecule has 2 N–H and O–H groups in total. The second kappa shape index (κ2) is 9.58. The number of hydrogen-bond acceptors (Lipinski definition) is 6. The summed E-state index contributed by atoms with van der Waals surface area (Å²) in [7, 11) is 0. The average Bonchev–Trinajstić information content (AvgIpc) is 2.84. The lowest BCUT2D eigenvalue weighted by Crippen LogP contribution is -2.37. The van der Waals surface area contributed by atoms with Crippen LogP contribution in [0.25, 0.3) is 5.65 Å². The highest BCUT2D eigenvalue weighted by Crippen LogP contribution is 2.30. The summed E-state index contributed by atoms with van der Waals surface area (Å²) in [6, 6.07) is 10.2. The maximum atomic E-state index is 13.4. The molecule has 1 aliphatic rings. The predicted molar refractivity (Wildman–Crippen MR) is 131 cm³/mol. The standard InChI is InChI=1S/C26H27N5O4/c1-15-12-20(16(2)28-22-7-5-4-6-19(22)26(34)35)24-29-23(21(13-27)25(33)31(24)14-15)18-8-10-30(11-9-18)17(3)32/h4-7,12,14,16,18,28H,8-11H2,1-3H3,(H,34,35)/t16-/m1/s1. The molecule has 1 saturated heterocycles. The molecule has 9 nitrogen and oxygen atoms in total. The molecule has 3 heterocycles. The number of amides is 1. The van der Waals surface area contributed by atoms with E-state index in [1.165, 1.54) is 17.4 Å². The largest absolute Gasteiger partial charge is 0.478 e. The lowest BCUT2D eigenvalue weighted by Gasteiger charge is -2.31. The summed E-state index contributed by atoms with van der Waals surface area (Å²) in [6.45, 7) is 6.37. The van der Waals surface area contributed by atoms with Gasteiger partial charge in [-0.05, 0) is 50.5 Å². The molecule has 1 aliphatic heterocycles. The van der Waals surface area contributed by atoms with Crippen molar-refractivity contribution in [2.24, 2.45) is 0 Å². The molecule has 3 aromatic rings. The van der Waals surface area contributed by atoms with Crippen molar-refractivity contribution in [3.8, 4) is 6.07 Å². The quantitative estimate of drug-likeness (QED) is 0.581. The number of nitrogens with one attached hydrogen (secondary N) is 1. The van der Waals surface area contributed by atoms with E-state index in [0.29, 0.717) is 48.5 Å². The van der Waals surface area contributed by atoms with Crippen molar-refractivity contribution in [3.05, 3.63) is 74.8 Å². The summed E-state index contributed by atoms with van der Waals surface area (Å²) < 4.78 is 1.40. The highest BCUT2D eigenvalue weighted by molar-refractivity contribution is 5.94. The van der Waals surface area contributed by atoms with Crippen LogP contribution in [0.5, 0.6) is 0 Å². The zero-order valence-corrected chi connectivity index (χ0v) is 19.9. The molecule has 1 aromatic carbocycles. The number of benzene rings is 1. The molecule has 0 unspecified atom stereocenters. The second-order valence-electron chi connectivity index (χ2n) is 8.95. The number of carboxylic acids is 1. The summed E-state index contributed by atoms with van der Waals surface area (Å²) in [5.74, 6) is -1.14. The third-order valence-corrected chi connectivity index (χ3v) is 6.55. The minimum Gasteiger partial charge on any atom is -0.478 e. The fraction of sp³-hybridized carbons (Fsp3) is 0.346. The second-order valence-corrected chi connectivity index (χ2v) is 8.95. The van der Waals surface area contributed by atoms with Crippen LogP contribution in [0, 0.1) is 18.3 Å². The number of aryl methyl sites for hydroxylation is 1. The van der Waals surface area contributed by atoms with Gasteiger partial charge in [0.25, 0.3) is 5.56 Å². The SMILES string of the molecule is CC(=O)N1CCC(c2nc3c([C@@H](C)Nc4ccccc4C(=O)O)cc(C)cn3c(=O)c2C#N)CC1. The van der Waals surface area contributed by atoms with E-state index in [-0.39, 0.29) is 29.0 Å². The Balaban J connectivity index is 1.81. The van der Waals surface area contributed by atoms with E-state index in [1.807, 2.05) is 19.9 Å². The van der Waals surface area contributed by atoms with Gasteiger partial charge in [-0.15, -0.1) is 0 Å². The minimum absolute atomic E-state index is 0.00907. The van der Waals surface area contributed by atoms with Crippen molar-refractivity contribution in [2.45, 2.75) is 45.6 Å². The van der Waals surface area contributed by atoms with E-state index < -0.39 is 11.5 Å². The van der Waals surface area contributed by atoms with Crippen LogP contribution in [0.4, 0.5) is 5.69 Å². The van der Waals surface area contributed by atoms with Crippen LogP contribution in [0.15, 0.2) is 41.3 Å². The Bertz CT molecular complexity index is 1410. The normalized spacial score (nSPS) is 15.0. The van der Waals surface area contributed by atoms with E-state index in [1.54, 1.807) is 29.3 Å². The van der Waals surface area contributed by atoms with Gasteiger partial charge < -0.3 is 15.3 Å². The highest BCUT2D eigenvalue weighted by Gasteiger charge is 2.28. The fourth-order valence-corrected chi connectivity index (χ4v) is 4.72. The Morgan fingerprint density at radius 1 is 1.26 bits per heavy atom. The molecule has 1 fully saturated rings. The van der Waals surface area contributed by atoms with Gasteiger partial charge in [0.1, 0.15) is 17.3 Å². The Morgan fingerprint density at radius 2 is 1.94 bits per heavy atom. The number of hydrogen-bond donors (Lipinski definition) is 2. The number of anilines is 1. The van der Waals surface area contributed by atoms with Crippen molar-refractivity contribution in [1.29, 1.82) is 5.26 Å². The van der Waals surface area contributed by atoms with Gasteiger partial charge in [0, 0.05) is 43.4 Å². The number of nitriles is 1. The van der Waals surface area contributed by atoms with Gasteiger partial charge in [0.15, 0.2) is 0 Å². The fourth-order valence-electron chi connectivity index (χ4n) is 4.72. The van der Waals surface area contributed by atoms with Crippen LogP contribution in [0.1, 0.15) is 71.4 Å². The number of piperidine rings is 1.